The molecule has 5 rings (SSSR count). The first-order valence-electron chi connectivity index (χ1n) is 12.0. The number of fused-ring (bicyclic) bond motifs is 1. The van der Waals surface area contributed by atoms with E-state index in [0.29, 0.717) is 23.7 Å². The smallest absolute Gasteiger partial charge is 0.303 e. The molecule has 2 heterocycles. The molecule has 0 bridgehead atoms. The Morgan fingerprint density at radius 1 is 0.919 bits per heavy atom. The van der Waals surface area contributed by atoms with Crippen molar-refractivity contribution in [2.75, 3.05) is 5.32 Å². The van der Waals surface area contributed by atoms with Gasteiger partial charge in [0.2, 0.25) is 0 Å². The predicted molar refractivity (Wildman–Crippen MR) is 132 cm³/mol. The summed E-state index contributed by atoms with van der Waals surface area (Å²) in [7, 11) is 0. The number of carbonyl (C=O) groups excluding carboxylic acids is 1. The molecule has 6 nitrogen and oxygen atoms in total. The molecule has 2 aromatic heterocycles. The number of benzene rings is 2. The number of aliphatic carboxylic acids is 1. The zero-order valence-corrected chi connectivity index (χ0v) is 19.8. The highest BCUT2D eigenvalue weighted by Gasteiger charge is 2.24. The second kappa shape index (κ2) is 10.1. The molecule has 1 saturated carbocycles. The molecule has 0 spiro atoms. The number of nitrogens with one attached hydrogen (secondary N) is 1. The van der Waals surface area contributed by atoms with Crippen molar-refractivity contribution in [3.8, 4) is 11.1 Å². The zero-order valence-electron chi connectivity index (χ0n) is 19.8. The van der Waals surface area contributed by atoms with E-state index in [1.807, 2.05) is 24.4 Å². The highest BCUT2D eigenvalue weighted by molar-refractivity contribution is 6.03. The van der Waals surface area contributed by atoms with Crippen LogP contribution in [0.25, 0.3) is 16.8 Å². The fourth-order valence-electron chi connectivity index (χ4n) is 4.99. The highest BCUT2D eigenvalue weighted by atomic mass is 19.2. The van der Waals surface area contributed by atoms with Gasteiger partial charge in [-0.15, -0.1) is 0 Å². The number of aromatic nitrogens is 2. The van der Waals surface area contributed by atoms with E-state index in [1.54, 1.807) is 10.5 Å². The first kappa shape index (κ1) is 24.5. The lowest BCUT2D eigenvalue weighted by atomic mass is 9.77. The second-order valence-corrected chi connectivity index (χ2v) is 9.45. The van der Waals surface area contributed by atoms with Gasteiger partial charge in [-0.3, -0.25) is 9.59 Å². The molecule has 2 N–H and O–H groups in total. The average Bonchev–Trinajstić information content (AvgIpc) is 3.31. The van der Waals surface area contributed by atoms with Crippen molar-refractivity contribution >= 4 is 23.2 Å². The maximum atomic E-state index is 13.4. The molecule has 0 atom stereocenters. The molecule has 190 valence electrons. The summed E-state index contributed by atoms with van der Waals surface area (Å²) in [5.41, 5.74) is 3.48. The van der Waals surface area contributed by atoms with E-state index in [4.69, 9.17) is 5.11 Å². The molecule has 0 radical (unpaired) electrons. The minimum atomic E-state index is -1.60. The number of anilines is 1. The number of carboxylic acids is 1. The van der Waals surface area contributed by atoms with E-state index in [2.05, 4.69) is 22.4 Å². The molecule has 0 aliphatic heterocycles. The molecule has 37 heavy (non-hydrogen) atoms. The number of amides is 1. The van der Waals surface area contributed by atoms with Gasteiger partial charge >= 0.3 is 5.97 Å². The van der Waals surface area contributed by atoms with E-state index in [1.165, 1.54) is 11.8 Å². The summed E-state index contributed by atoms with van der Waals surface area (Å²) in [4.78, 5) is 27.8. The van der Waals surface area contributed by atoms with Gasteiger partial charge in [-0.05, 0) is 66.3 Å². The van der Waals surface area contributed by atoms with Crippen molar-refractivity contribution < 1.29 is 27.9 Å². The summed E-state index contributed by atoms with van der Waals surface area (Å²) < 4.78 is 41.7. The summed E-state index contributed by atoms with van der Waals surface area (Å²) >= 11 is 0. The van der Waals surface area contributed by atoms with Crippen LogP contribution in [0.1, 0.15) is 54.1 Å². The van der Waals surface area contributed by atoms with Crippen LogP contribution in [0.15, 0.2) is 60.9 Å². The van der Waals surface area contributed by atoms with E-state index in [9.17, 15) is 22.8 Å². The Labute approximate surface area is 210 Å². The minimum absolute atomic E-state index is 0.0381. The molecule has 1 aliphatic carbocycles. The fraction of sp³-hybridized carbons (Fsp3) is 0.250. The Hall–Kier alpha value is -4.14. The van der Waals surface area contributed by atoms with Crippen LogP contribution in [0.4, 0.5) is 18.9 Å². The second-order valence-electron chi connectivity index (χ2n) is 9.45. The third kappa shape index (κ3) is 5.35. The lowest BCUT2D eigenvalue weighted by Crippen LogP contribution is -2.16. The topological polar surface area (TPSA) is 83.7 Å². The molecule has 2 aromatic carbocycles. The molecule has 9 heteroatoms. The van der Waals surface area contributed by atoms with Crippen LogP contribution in [-0.4, -0.2) is 26.4 Å². The van der Waals surface area contributed by atoms with Crippen molar-refractivity contribution in [1.29, 1.82) is 0 Å². The van der Waals surface area contributed by atoms with Gasteiger partial charge < -0.3 is 14.8 Å². The monoisotopic (exact) mass is 507 g/mol. The van der Waals surface area contributed by atoms with Gasteiger partial charge in [0.15, 0.2) is 17.5 Å². The van der Waals surface area contributed by atoms with Crippen molar-refractivity contribution in [3.05, 3.63) is 89.6 Å². The van der Waals surface area contributed by atoms with Gasteiger partial charge in [0, 0.05) is 36.6 Å². The van der Waals surface area contributed by atoms with Gasteiger partial charge in [-0.25, -0.2) is 18.2 Å². The summed E-state index contributed by atoms with van der Waals surface area (Å²) in [6.07, 6.45) is 7.42. The lowest BCUT2D eigenvalue weighted by Gasteiger charge is -2.28. The standard InChI is InChI=1S/C28H24F3N3O3/c29-22-12-21(13-23(30)27(22)31)32-28(37)24-15-34-14-20(9-10-25(34)33-24)19-7-5-18(6-8-19)17-3-1-16(2-4-17)11-26(35)36/h5-10,12-17H,1-4,11H2,(H,32,37)(H,35,36)/t16-,17-. The van der Waals surface area contributed by atoms with Gasteiger partial charge in [0.25, 0.3) is 5.91 Å². The first-order valence-corrected chi connectivity index (χ1v) is 12.0. The Morgan fingerprint density at radius 2 is 1.57 bits per heavy atom. The van der Waals surface area contributed by atoms with Crippen LogP contribution in [0.5, 0.6) is 0 Å². The Bertz CT molecular complexity index is 1450. The van der Waals surface area contributed by atoms with Gasteiger partial charge in [-0.1, -0.05) is 24.3 Å². The van der Waals surface area contributed by atoms with E-state index in [0.717, 1.165) is 36.8 Å². The third-order valence-electron chi connectivity index (χ3n) is 6.95. The number of pyridine rings is 1. The molecule has 4 aromatic rings. The average molecular weight is 508 g/mol. The van der Waals surface area contributed by atoms with Crippen LogP contribution in [0.3, 0.4) is 0 Å². The normalized spacial score (nSPS) is 17.6. The Kier molecular flexibility index (Phi) is 6.69. The van der Waals surface area contributed by atoms with Crippen molar-refractivity contribution in [1.82, 2.24) is 9.38 Å². The number of nitrogens with zero attached hydrogens (tertiary/aromatic N) is 2. The maximum Gasteiger partial charge on any atom is 0.303 e. The fourth-order valence-corrected chi connectivity index (χ4v) is 4.99. The van der Waals surface area contributed by atoms with Crippen LogP contribution in [0, 0.1) is 23.4 Å². The van der Waals surface area contributed by atoms with Crippen molar-refractivity contribution in [2.45, 2.75) is 38.0 Å². The SMILES string of the molecule is O=C(O)C[C@H]1CC[C@H](c2ccc(-c3ccc4nc(C(=O)Nc5cc(F)c(F)c(F)c5)cn4c3)cc2)CC1. The van der Waals surface area contributed by atoms with E-state index < -0.39 is 29.3 Å². The minimum Gasteiger partial charge on any atom is -0.481 e. The van der Waals surface area contributed by atoms with Crippen molar-refractivity contribution in [3.63, 3.8) is 0 Å². The maximum absolute atomic E-state index is 13.4. The number of imidazole rings is 1. The van der Waals surface area contributed by atoms with Crippen LogP contribution in [0.2, 0.25) is 0 Å². The molecule has 1 amide bonds. The summed E-state index contributed by atoms with van der Waals surface area (Å²) in [5.74, 6) is -5.11. The van der Waals surface area contributed by atoms with E-state index >= 15 is 0 Å². The lowest BCUT2D eigenvalue weighted by molar-refractivity contribution is -0.138. The number of rotatable bonds is 6. The van der Waals surface area contributed by atoms with Gasteiger partial charge in [-0.2, -0.15) is 0 Å². The molecule has 1 fully saturated rings. The third-order valence-corrected chi connectivity index (χ3v) is 6.95. The highest BCUT2D eigenvalue weighted by Crippen LogP contribution is 2.37. The zero-order chi connectivity index (χ0) is 26.1. The molecule has 1 aliphatic rings. The quantitative estimate of drug-likeness (QED) is 0.295. The number of hydrogen-bond acceptors (Lipinski definition) is 3. The van der Waals surface area contributed by atoms with Gasteiger partial charge in [0.05, 0.1) is 0 Å². The Balaban J connectivity index is 1.28. The molecule has 0 unspecified atom stereocenters. The number of halogens is 3. The molecule has 0 saturated heterocycles. The summed E-state index contributed by atoms with van der Waals surface area (Å²) in [6.45, 7) is 0. The van der Waals surface area contributed by atoms with Crippen LogP contribution < -0.4 is 5.32 Å². The first-order chi connectivity index (χ1) is 17.8. The number of carboxylic acid groups (broad SMARTS) is 1. The van der Waals surface area contributed by atoms with Crippen LogP contribution in [-0.2, 0) is 4.79 Å². The van der Waals surface area contributed by atoms with Crippen molar-refractivity contribution in [2.24, 2.45) is 5.92 Å². The summed E-state index contributed by atoms with van der Waals surface area (Å²) in [5, 5.41) is 11.3. The number of hydrogen-bond donors (Lipinski definition) is 2. The largest absolute Gasteiger partial charge is 0.481 e. The molecular weight excluding hydrogens is 483 g/mol. The molecular formula is C28H24F3N3O3. The van der Waals surface area contributed by atoms with E-state index in [-0.39, 0.29) is 23.7 Å². The number of carbonyl (C=O) groups is 2. The van der Waals surface area contributed by atoms with Gasteiger partial charge in [0.1, 0.15) is 11.3 Å². The Morgan fingerprint density at radius 3 is 2.22 bits per heavy atom. The predicted octanol–water partition coefficient (Wildman–Crippen LogP) is 6.42. The summed E-state index contributed by atoms with van der Waals surface area (Å²) in [6, 6.07) is 13.4. The van der Waals surface area contributed by atoms with Crippen LogP contribution >= 0.6 is 0 Å².